The highest BCUT2D eigenvalue weighted by molar-refractivity contribution is 4.55. The SMILES string of the molecule is C1CCNC1.[O-][Cl+3]([O-])([O-])O. The molecule has 10 heavy (non-hydrogen) atoms. The molecule has 62 valence electrons. The highest BCUT2D eigenvalue weighted by atomic mass is 35.7. The molecular formula is C4H10ClNO4. The predicted molar refractivity (Wildman–Crippen MR) is 24.3 cm³/mol. The molecule has 1 aliphatic rings. The first-order chi connectivity index (χ1) is 4.50. The fraction of sp³-hybridized carbons (Fsp3) is 1.00. The van der Waals surface area contributed by atoms with Crippen LogP contribution in [0.1, 0.15) is 12.8 Å². The Kier molecular flexibility index (Phi) is 4.88. The van der Waals surface area contributed by atoms with E-state index < -0.39 is 10.2 Å². The quantitative estimate of drug-likeness (QED) is 0.390. The van der Waals surface area contributed by atoms with E-state index in [4.69, 9.17) is 18.6 Å². The zero-order valence-corrected chi connectivity index (χ0v) is 6.13. The van der Waals surface area contributed by atoms with Gasteiger partial charge in [-0.3, -0.25) is 0 Å². The van der Waals surface area contributed by atoms with Crippen LogP contribution in [-0.4, -0.2) is 17.7 Å². The topological polar surface area (TPSA) is 101 Å². The highest BCUT2D eigenvalue weighted by Crippen LogP contribution is 1.90. The van der Waals surface area contributed by atoms with Crippen molar-refractivity contribution in [2.45, 2.75) is 12.8 Å². The first-order valence-corrected chi connectivity index (χ1v) is 4.10. The first-order valence-electron chi connectivity index (χ1n) is 2.84. The Morgan fingerprint density at radius 3 is 1.50 bits per heavy atom. The lowest BCUT2D eigenvalue weighted by Crippen LogP contribution is -2.58. The van der Waals surface area contributed by atoms with Gasteiger partial charge in [-0.15, -0.1) is 0 Å². The normalized spacial score (nSPS) is 18.0. The molecule has 0 radical (unpaired) electrons. The van der Waals surface area contributed by atoms with Crippen LogP contribution in [0, 0.1) is 10.2 Å². The van der Waals surface area contributed by atoms with Crippen LogP contribution in [-0.2, 0) is 0 Å². The Labute approximate surface area is 61.0 Å². The molecule has 0 aromatic rings. The van der Waals surface area contributed by atoms with E-state index in [9.17, 15) is 0 Å². The molecule has 2 N–H and O–H groups in total. The van der Waals surface area contributed by atoms with Crippen molar-refractivity contribution >= 4 is 0 Å². The molecule has 1 fully saturated rings. The second kappa shape index (κ2) is 4.84. The van der Waals surface area contributed by atoms with Crippen molar-refractivity contribution in [1.82, 2.24) is 5.32 Å². The summed E-state index contributed by atoms with van der Waals surface area (Å²) in [6, 6.07) is 0. The van der Waals surface area contributed by atoms with Gasteiger partial charge in [0.1, 0.15) is 0 Å². The molecule has 0 aromatic heterocycles. The average Bonchev–Trinajstić information content (AvgIpc) is 2.07. The van der Waals surface area contributed by atoms with Gasteiger partial charge in [-0.2, -0.15) is 14.0 Å². The monoisotopic (exact) mass is 171 g/mol. The van der Waals surface area contributed by atoms with Crippen LogP contribution < -0.4 is 19.3 Å². The summed E-state index contributed by atoms with van der Waals surface area (Å²) in [6.07, 6.45) is 2.78. The minimum atomic E-state index is -4.69. The van der Waals surface area contributed by atoms with Crippen LogP contribution in [0.4, 0.5) is 0 Å². The third-order valence-corrected chi connectivity index (χ3v) is 0.957. The Morgan fingerprint density at radius 1 is 1.10 bits per heavy atom. The maximum Gasteiger partial charge on any atom is 0.0777 e. The second-order valence-electron chi connectivity index (χ2n) is 1.85. The first kappa shape index (κ1) is 10.1. The largest absolute Gasteiger partial charge is 0.317 e. The molecule has 6 heteroatoms. The number of nitrogens with one attached hydrogen (secondary N) is 1. The van der Waals surface area contributed by atoms with Gasteiger partial charge in [0, 0.05) is 0 Å². The van der Waals surface area contributed by atoms with Gasteiger partial charge >= 0.3 is 0 Å². The molecule has 1 aliphatic heterocycles. The minimum Gasteiger partial charge on any atom is -0.317 e. The molecule has 0 aliphatic carbocycles. The van der Waals surface area contributed by atoms with Gasteiger partial charge in [-0.1, -0.05) is 0 Å². The molecule has 5 nitrogen and oxygen atoms in total. The fourth-order valence-electron chi connectivity index (χ4n) is 0.625. The van der Waals surface area contributed by atoms with E-state index in [0.717, 1.165) is 0 Å². The van der Waals surface area contributed by atoms with Gasteiger partial charge in [-0.25, -0.2) is 0 Å². The average molecular weight is 172 g/mol. The molecule has 0 aromatic carbocycles. The van der Waals surface area contributed by atoms with E-state index in [0.29, 0.717) is 0 Å². The molecule has 0 amide bonds. The van der Waals surface area contributed by atoms with Crippen molar-refractivity contribution in [2.75, 3.05) is 13.1 Å². The molecular weight excluding hydrogens is 162 g/mol. The highest BCUT2D eigenvalue weighted by Gasteiger charge is 1.98. The maximum atomic E-state index is 8.60. The molecule has 0 unspecified atom stereocenters. The van der Waals surface area contributed by atoms with E-state index in [2.05, 4.69) is 5.32 Å². The number of rotatable bonds is 0. The van der Waals surface area contributed by atoms with Crippen LogP contribution in [0.25, 0.3) is 0 Å². The Hall–Kier alpha value is 0.0900. The molecule has 1 heterocycles. The fourth-order valence-corrected chi connectivity index (χ4v) is 0.625. The van der Waals surface area contributed by atoms with Crippen LogP contribution in [0.5, 0.6) is 0 Å². The van der Waals surface area contributed by atoms with Crippen LogP contribution in [0.3, 0.4) is 0 Å². The summed E-state index contributed by atoms with van der Waals surface area (Å²) in [7, 11) is -4.69. The van der Waals surface area contributed by atoms with E-state index in [-0.39, 0.29) is 0 Å². The summed E-state index contributed by atoms with van der Waals surface area (Å²) in [5.74, 6) is 0. The Bertz CT molecular complexity index is 66.2. The number of hydrogen-bond donors (Lipinski definition) is 2. The smallest absolute Gasteiger partial charge is 0.0777 e. The van der Waals surface area contributed by atoms with Crippen LogP contribution in [0.15, 0.2) is 0 Å². The van der Waals surface area contributed by atoms with Crippen molar-refractivity contribution in [3.05, 3.63) is 0 Å². The van der Waals surface area contributed by atoms with Gasteiger partial charge in [0.2, 0.25) is 0 Å². The number of hydrogen-bond acceptors (Lipinski definition) is 5. The van der Waals surface area contributed by atoms with Gasteiger partial charge in [0.05, 0.1) is 14.9 Å². The lowest BCUT2D eigenvalue weighted by atomic mass is 10.4. The summed E-state index contributed by atoms with van der Waals surface area (Å²) in [4.78, 5) is 0. The predicted octanol–water partition coefficient (Wildman–Crippen LogP) is -3.75. The van der Waals surface area contributed by atoms with Crippen LogP contribution >= 0.6 is 0 Å². The lowest BCUT2D eigenvalue weighted by molar-refractivity contribution is -1.92. The van der Waals surface area contributed by atoms with Gasteiger partial charge in [0.25, 0.3) is 0 Å². The van der Waals surface area contributed by atoms with Gasteiger partial charge in [-0.05, 0) is 25.9 Å². The van der Waals surface area contributed by atoms with E-state index in [1.54, 1.807) is 0 Å². The Morgan fingerprint density at radius 2 is 1.40 bits per heavy atom. The molecule has 0 bridgehead atoms. The van der Waals surface area contributed by atoms with Crippen molar-refractivity contribution in [3.63, 3.8) is 0 Å². The summed E-state index contributed by atoms with van der Waals surface area (Å²) < 4.78 is 32.7. The van der Waals surface area contributed by atoms with E-state index >= 15 is 0 Å². The third-order valence-electron chi connectivity index (χ3n) is 0.957. The molecule has 0 atom stereocenters. The van der Waals surface area contributed by atoms with Gasteiger partial charge < -0.3 is 5.32 Å². The zero-order chi connectivity index (χ0) is 8.04. The summed E-state index contributed by atoms with van der Waals surface area (Å²) in [5, 5.41) is 3.22. The maximum absolute atomic E-state index is 8.60. The molecule has 0 saturated carbocycles. The number of halogens is 1. The van der Waals surface area contributed by atoms with Crippen molar-refractivity contribution < 1.29 is 28.9 Å². The zero-order valence-electron chi connectivity index (χ0n) is 5.38. The van der Waals surface area contributed by atoms with Crippen LogP contribution in [0.2, 0.25) is 0 Å². The lowest BCUT2D eigenvalue weighted by Gasteiger charge is -2.03. The minimum absolute atomic E-state index is 1.25. The summed E-state index contributed by atoms with van der Waals surface area (Å²) in [5.41, 5.74) is 0. The second-order valence-corrected chi connectivity index (χ2v) is 2.65. The standard InChI is InChI=1S/C4H9N.ClHO4/c1-2-4-5-3-1;2-1(3,4)5/h5H,1-4H2;(H,2,3,4,5). The van der Waals surface area contributed by atoms with Crippen molar-refractivity contribution in [1.29, 1.82) is 0 Å². The van der Waals surface area contributed by atoms with Crippen molar-refractivity contribution in [3.8, 4) is 0 Å². The third kappa shape index (κ3) is 15.7. The Balaban J connectivity index is 0.000000162. The van der Waals surface area contributed by atoms with E-state index in [1.165, 1.54) is 25.9 Å². The van der Waals surface area contributed by atoms with Crippen molar-refractivity contribution in [2.24, 2.45) is 0 Å². The summed E-state index contributed by atoms with van der Waals surface area (Å²) in [6.45, 7) is 2.50. The van der Waals surface area contributed by atoms with E-state index in [1.807, 2.05) is 0 Å². The van der Waals surface area contributed by atoms with Gasteiger partial charge in [0.15, 0.2) is 0 Å². The molecule has 0 spiro atoms. The summed E-state index contributed by atoms with van der Waals surface area (Å²) >= 11 is 0. The molecule has 1 rings (SSSR count). The molecule has 1 saturated heterocycles.